The summed E-state index contributed by atoms with van der Waals surface area (Å²) in [4.78, 5) is 10.5. The zero-order valence-electron chi connectivity index (χ0n) is 5.92. The smallest absolute Gasteiger partial charge is 0.322 e. The second-order valence-corrected chi connectivity index (χ2v) is 2.65. The van der Waals surface area contributed by atoms with Gasteiger partial charge in [-0.2, -0.15) is 0 Å². The minimum absolute atomic E-state index is 0.221. The first-order valence-corrected chi connectivity index (χ1v) is 3.43. The van der Waals surface area contributed by atoms with Gasteiger partial charge in [-0.05, 0) is 12.3 Å². The molecule has 1 rings (SSSR count). The van der Waals surface area contributed by atoms with E-state index in [1.54, 1.807) is 0 Å². The van der Waals surface area contributed by atoms with E-state index in [0.29, 0.717) is 0 Å². The predicted octanol–water partition coefficient (Wildman–Crippen LogP) is -0.426. The van der Waals surface area contributed by atoms with E-state index >= 15 is 0 Å². The Kier molecular flexibility index (Phi) is 2.24. The Morgan fingerprint density at radius 3 is 2.80 bits per heavy atom. The lowest BCUT2D eigenvalue weighted by Crippen LogP contribution is -2.54. The molecule has 10 heavy (non-hydrogen) atoms. The van der Waals surface area contributed by atoms with Crippen molar-refractivity contribution in [1.29, 1.82) is 0 Å². The van der Waals surface area contributed by atoms with Gasteiger partial charge in [0.15, 0.2) is 0 Å². The van der Waals surface area contributed by atoms with Crippen LogP contribution in [0.2, 0.25) is 0 Å². The summed E-state index contributed by atoms with van der Waals surface area (Å²) in [6, 6.07) is -0.422. The van der Waals surface area contributed by atoms with Crippen LogP contribution in [-0.4, -0.2) is 23.7 Å². The fraction of sp³-hybridized carbons (Fsp3) is 0.833. The van der Waals surface area contributed by atoms with Gasteiger partial charge in [-0.15, -0.1) is 0 Å². The number of nitrogens with one attached hydrogen (secondary N) is 2. The summed E-state index contributed by atoms with van der Waals surface area (Å²) in [7, 11) is 0. The zero-order chi connectivity index (χ0) is 7.56. The molecule has 58 valence electrons. The molecule has 1 aliphatic rings. The summed E-state index contributed by atoms with van der Waals surface area (Å²) in [6.07, 6.45) is 0.921. The molecular weight excluding hydrogens is 132 g/mol. The van der Waals surface area contributed by atoms with E-state index in [2.05, 4.69) is 10.9 Å². The van der Waals surface area contributed by atoms with Gasteiger partial charge in [-0.3, -0.25) is 10.2 Å². The van der Waals surface area contributed by atoms with Crippen molar-refractivity contribution in [2.75, 3.05) is 6.54 Å². The van der Waals surface area contributed by atoms with E-state index in [-0.39, 0.29) is 5.92 Å². The van der Waals surface area contributed by atoms with Crippen molar-refractivity contribution in [2.45, 2.75) is 19.4 Å². The Morgan fingerprint density at radius 2 is 2.40 bits per heavy atom. The van der Waals surface area contributed by atoms with Crippen LogP contribution in [0.25, 0.3) is 0 Å². The maximum atomic E-state index is 10.5. The Morgan fingerprint density at radius 1 is 1.70 bits per heavy atom. The summed E-state index contributed by atoms with van der Waals surface area (Å²) >= 11 is 0. The van der Waals surface area contributed by atoms with E-state index in [9.17, 15) is 4.79 Å². The highest BCUT2D eigenvalue weighted by Gasteiger charge is 2.26. The number of hydrazine groups is 1. The number of hydrogen-bond acceptors (Lipinski definition) is 3. The standard InChI is InChI=1S/C6H12N2O2/c1-4-2-3-7-8-5(4)6(9)10/h4-5,7-8H,2-3H2,1H3,(H,9,10)/t4-,5-/m1/s1. The van der Waals surface area contributed by atoms with Crippen molar-refractivity contribution in [3.63, 3.8) is 0 Å². The maximum Gasteiger partial charge on any atom is 0.322 e. The molecule has 0 unspecified atom stereocenters. The summed E-state index contributed by atoms with van der Waals surface area (Å²) < 4.78 is 0. The highest BCUT2D eigenvalue weighted by atomic mass is 16.4. The first-order valence-electron chi connectivity index (χ1n) is 3.43. The number of carboxylic acid groups (broad SMARTS) is 1. The Bertz CT molecular complexity index is 138. The number of carboxylic acids is 1. The van der Waals surface area contributed by atoms with Crippen LogP contribution in [0.3, 0.4) is 0 Å². The molecule has 1 fully saturated rings. The van der Waals surface area contributed by atoms with Crippen molar-refractivity contribution in [2.24, 2.45) is 5.92 Å². The molecule has 3 N–H and O–H groups in total. The lowest BCUT2D eigenvalue weighted by Gasteiger charge is -2.26. The molecule has 0 aliphatic carbocycles. The molecule has 0 spiro atoms. The molecule has 1 heterocycles. The van der Waals surface area contributed by atoms with Crippen LogP contribution in [0.4, 0.5) is 0 Å². The predicted molar refractivity (Wildman–Crippen MR) is 36.3 cm³/mol. The van der Waals surface area contributed by atoms with Gasteiger partial charge in [0.05, 0.1) is 0 Å². The van der Waals surface area contributed by atoms with Crippen LogP contribution in [0.5, 0.6) is 0 Å². The quantitative estimate of drug-likeness (QED) is 0.467. The molecule has 0 aromatic rings. The van der Waals surface area contributed by atoms with Gasteiger partial charge < -0.3 is 5.11 Å². The van der Waals surface area contributed by atoms with E-state index < -0.39 is 12.0 Å². The van der Waals surface area contributed by atoms with E-state index in [4.69, 9.17) is 5.11 Å². The molecule has 1 saturated heterocycles. The van der Waals surface area contributed by atoms with Gasteiger partial charge in [0.1, 0.15) is 6.04 Å². The second kappa shape index (κ2) is 2.98. The lowest BCUT2D eigenvalue weighted by atomic mass is 9.97. The SMILES string of the molecule is C[C@@H]1CCNN[C@H]1C(=O)O. The Labute approximate surface area is 59.6 Å². The third kappa shape index (κ3) is 1.46. The van der Waals surface area contributed by atoms with Crippen LogP contribution in [-0.2, 0) is 4.79 Å². The molecule has 1 aliphatic heterocycles. The topological polar surface area (TPSA) is 61.4 Å². The molecule has 0 radical (unpaired) electrons. The highest BCUT2D eigenvalue weighted by molar-refractivity contribution is 5.73. The average Bonchev–Trinajstić information content (AvgIpc) is 1.88. The van der Waals surface area contributed by atoms with Gasteiger partial charge in [-0.25, -0.2) is 5.43 Å². The summed E-state index contributed by atoms with van der Waals surface area (Å²) in [5, 5.41) is 8.61. The number of hydrogen-bond donors (Lipinski definition) is 3. The molecule has 0 bridgehead atoms. The van der Waals surface area contributed by atoms with Crippen molar-refractivity contribution in [3.8, 4) is 0 Å². The Balaban J connectivity index is 2.47. The van der Waals surface area contributed by atoms with Gasteiger partial charge in [0.25, 0.3) is 0 Å². The monoisotopic (exact) mass is 144 g/mol. The number of aliphatic carboxylic acids is 1. The van der Waals surface area contributed by atoms with E-state index in [0.717, 1.165) is 13.0 Å². The second-order valence-electron chi connectivity index (χ2n) is 2.65. The first kappa shape index (κ1) is 7.50. The molecule has 0 saturated carbocycles. The summed E-state index contributed by atoms with van der Waals surface area (Å²) in [6.45, 7) is 2.79. The van der Waals surface area contributed by atoms with Crippen LogP contribution < -0.4 is 10.9 Å². The molecule has 0 amide bonds. The van der Waals surface area contributed by atoms with E-state index in [1.807, 2.05) is 6.92 Å². The van der Waals surface area contributed by atoms with Crippen LogP contribution in [0, 0.1) is 5.92 Å². The van der Waals surface area contributed by atoms with Crippen molar-refractivity contribution < 1.29 is 9.90 Å². The molecule has 0 aromatic heterocycles. The van der Waals surface area contributed by atoms with Gasteiger partial charge in [0, 0.05) is 6.54 Å². The number of rotatable bonds is 1. The maximum absolute atomic E-state index is 10.5. The third-order valence-electron chi connectivity index (χ3n) is 1.82. The van der Waals surface area contributed by atoms with Crippen molar-refractivity contribution >= 4 is 5.97 Å². The molecule has 0 aromatic carbocycles. The van der Waals surface area contributed by atoms with Crippen molar-refractivity contribution in [3.05, 3.63) is 0 Å². The van der Waals surface area contributed by atoms with E-state index in [1.165, 1.54) is 0 Å². The minimum Gasteiger partial charge on any atom is -0.480 e. The summed E-state index contributed by atoms with van der Waals surface area (Å²) in [5.41, 5.74) is 5.53. The Hall–Kier alpha value is -0.610. The van der Waals surface area contributed by atoms with Crippen LogP contribution in [0.1, 0.15) is 13.3 Å². The average molecular weight is 144 g/mol. The largest absolute Gasteiger partial charge is 0.480 e. The molecule has 4 nitrogen and oxygen atoms in total. The normalized spacial score (nSPS) is 33.7. The highest BCUT2D eigenvalue weighted by Crippen LogP contribution is 2.09. The van der Waals surface area contributed by atoms with Crippen molar-refractivity contribution in [1.82, 2.24) is 10.9 Å². The molecule has 2 atom stereocenters. The zero-order valence-corrected chi connectivity index (χ0v) is 5.92. The van der Waals surface area contributed by atoms with Gasteiger partial charge in [0.2, 0.25) is 0 Å². The van der Waals surface area contributed by atoms with Gasteiger partial charge in [-0.1, -0.05) is 6.92 Å². The molecule has 4 heteroatoms. The lowest BCUT2D eigenvalue weighted by molar-refractivity contribution is -0.141. The fourth-order valence-corrected chi connectivity index (χ4v) is 1.10. The first-order chi connectivity index (χ1) is 4.72. The van der Waals surface area contributed by atoms with Crippen LogP contribution in [0.15, 0.2) is 0 Å². The fourth-order valence-electron chi connectivity index (χ4n) is 1.10. The summed E-state index contributed by atoms with van der Waals surface area (Å²) in [5.74, 6) is -0.557. The van der Waals surface area contributed by atoms with Crippen LogP contribution >= 0.6 is 0 Å². The third-order valence-corrected chi connectivity index (χ3v) is 1.82. The minimum atomic E-state index is -0.778. The molecular formula is C6H12N2O2. The number of carbonyl (C=O) groups is 1. The van der Waals surface area contributed by atoms with Gasteiger partial charge >= 0.3 is 5.97 Å².